The van der Waals surface area contributed by atoms with E-state index >= 15 is 0 Å². The van der Waals surface area contributed by atoms with Crippen molar-refractivity contribution in [3.8, 4) is 0 Å². The number of benzene rings is 1. The zero-order valence-corrected chi connectivity index (χ0v) is 10.7. The van der Waals surface area contributed by atoms with Gasteiger partial charge in [0.2, 0.25) is 5.91 Å². The van der Waals surface area contributed by atoms with Crippen molar-refractivity contribution in [2.75, 3.05) is 7.11 Å². The third-order valence-corrected chi connectivity index (χ3v) is 2.60. The van der Waals surface area contributed by atoms with Crippen LogP contribution in [-0.2, 0) is 20.7 Å². The van der Waals surface area contributed by atoms with Crippen LogP contribution < -0.4 is 5.32 Å². The van der Waals surface area contributed by atoms with Crippen LogP contribution in [0.15, 0.2) is 18.2 Å². The minimum Gasteiger partial charge on any atom is -0.467 e. The molecule has 104 valence electrons. The minimum absolute atomic E-state index is 0.0682. The normalized spacial score (nSPS) is 11.8. The van der Waals surface area contributed by atoms with E-state index in [4.69, 9.17) is 0 Å². The van der Waals surface area contributed by atoms with Gasteiger partial charge in [-0.2, -0.15) is 0 Å². The second-order valence-corrected chi connectivity index (χ2v) is 3.96. The number of rotatable bonds is 5. The summed E-state index contributed by atoms with van der Waals surface area (Å²) in [7, 11) is 1.22. The quantitative estimate of drug-likeness (QED) is 0.827. The topological polar surface area (TPSA) is 55.4 Å². The van der Waals surface area contributed by atoms with Crippen molar-refractivity contribution >= 4 is 11.9 Å². The number of esters is 1. The van der Waals surface area contributed by atoms with E-state index in [1.165, 1.54) is 13.2 Å². The number of ether oxygens (including phenoxy) is 1. The molecule has 19 heavy (non-hydrogen) atoms. The lowest BCUT2D eigenvalue weighted by Crippen LogP contribution is -2.41. The van der Waals surface area contributed by atoms with Gasteiger partial charge in [-0.1, -0.05) is 13.0 Å². The fourth-order valence-electron chi connectivity index (χ4n) is 1.55. The molecule has 0 aromatic heterocycles. The maximum Gasteiger partial charge on any atom is 0.328 e. The van der Waals surface area contributed by atoms with Crippen LogP contribution in [0.25, 0.3) is 0 Å². The molecule has 6 heteroatoms. The van der Waals surface area contributed by atoms with Gasteiger partial charge in [-0.15, -0.1) is 0 Å². The van der Waals surface area contributed by atoms with E-state index in [1.54, 1.807) is 6.92 Å². The second-order valence-electron chi connectivity index (χ2n) is 3.96. The van der Waals surface area contributed by atoms with Gasteiger partial charge in [0.1, 0.15) is 17.7 Å². The molecule has 0 aliphatic heterocycles. The Morgan fingerprint density at radius 2 is 2.05 bits per heavy atom. The number of halogens is 2. The van der Waals surface area contributed by atoms with E-state index in [2.05, 4.69) is 10.1 Å². The van der Waals surface area contributed by atoms with E-state index < -0.39 is 29.6 Å². The molecule has 1 rings (SSSR count). The van der Waals surface area contributed by atoms with Gasteiger partial charge in [-0.05, 0) is 18.1 Å². The highest BCUT2D eigenvalue weighted by molar-refractivity contribution is 5.85. The van der Waals surface area contributed by atoms with Crippen molar-refractivity contribution < 1.29 is 23.1 Å². The van der Waals surface area contributed by atoms with Crippen LogP contribution in [-0.4, -0.2) is 25.0 Å². The first kappa shape index (κ1) is 15.1. The number of hydrogen-bond acceptors (Lipinski definition) is 3. The smallest absolute Gasteiger partial charge is 0.328 e. The van der Waals surface area contributed by atoms with Crippen molar-refractivity contribution in [3.05, 3.63) is 35.4 Å². The van der Waals surface area contributed by atoms with Gasteiger partial charge >= 0.3 is 5.97 Å². The van der Waals surface area contributed by atoms with E-state index in [0.717, 1.165) is 6.07 Å². The Bertz CT molecular complexity index is 477. The molecule has 1 amide bonds. The summed E-state index contributed by atoms with van der Waals surface area (Å²) in [4.78, 5) is 22.9. The molecule has 0 spiro atoms. The van der Waals surface area contributed by atoms with Crippen molar-refractivity contribution in [2.24, 2.45) is 0 Å². The average Bonchev–Trinajstić information content (AvgIpc) is 2.38. The maximum absolute atomic E-state index is 13.3. The first-order valence-electron chi connectivity index (χ1n) is 5.79. The van der Waals surface area contributed by atoms with Crippen LogP contribution in [0.4, 0.5) is 8.78 Å². The van der Waals surface area contributed by atoms with Gasteiger partial charge in [0.25, 0.3) is 0 Å². The number of nitrogens with one attached hydrogen (secondary N) is 1. The lowest BCUT2D eigenvalue weighted by molar-refractivity contribution is -0.145. The van der Waals surface area contributed by atoms with Crippen molar-refractivity contribution in [1.82, 2.24) is 5.32 Å². The van der Waals surface area contributed by atoms with Gasteiger partial charge in [0.15, 0.2) is 0 Å². The summed E-state index contributed by atoms with van der Waals surface area (Å²) in [5, 5.41) is 2.43. The Hall–Kier alpha value is -1.98. The zero-order chi connectivity index (χ0) is 14.4. The van der Waals surface area contributed by atoms with Gasteiger partial charge in [0, 0.05) is 6.07 Å². The number of carbonyl (C=O) groups excluding carboxylic acids is 2. The highest BCUT2D eigenvalue weighted by Gasteiger charge is 2.19. The molecule has 0 saturated carbocycles. The van der Waals surface area contributed by atoms with Crippen LogP contribution in [0.2, 0.25) is 0 Å². The fourth-order valence-corrected chi connectivity index (χ4v) is 1.55. The summed E-state index contributed by atoms with van der Waals surface area (Å²) in [5.41, 5.74) is 0.0682. The van der Waals surface area contributed by atoms with Crippen LogP contribution in [0, 0.1) is 11.6 Å². The maximum atomic E-state index is 13.3. The lowest BCUT2D eigenvalue weighted by Gasteiger charge is -2.14. The summed E-state index contributed by atoms with van der Waals surface area (Å²) < 4.78 is 30.6. The summed E-state index contributed by atoms with van der Waals surface area (Å²) in [5.74, 6) is -2.58. The van der Waals surface area contributed by atoms with E-state index in [1.807, 2.05) is 0 Å². The predicted octanol–water partition coefficient (Wildman–Crippen LogP) is 1.58. The summed E-state index contributed by atoms with van der Waals surface area (Å²) >= 11 is 0. The van der Waals surface area contributed by atoms with Crippen LogP contribution >= 0.6 is 0 Å². The summed E-state index contributed by atoms with van der Waals surface area (Å²) in [6.45, 7) is 1.71. The third-order valence-electron chi connectivity index (χ3n) is 2.60. The van der Waals surface area contributed by atoms with Crippen molar-refractivity contribution in [3.63, 3.8) is 0 Å². The molecule has 0 bridgehead atoms. The number of carbonyl (C=O) groups is 2. The van der Waals surface area contributed by atoms with E-state index in [-0.39, 0.29) is 12.0 Å². The molecule has 0 aliphatic carbocycles. The van der Waals surface area contributed by atoms with E-state index in [0.29, 0.717) is 12.5 Å². The van der Waals surface area contributed by atoms with Crippen LogP contribution in [0.1, 0.15) is 18.9 Å². The summed E-state index contributed by atoms with van der Waals surface area (Å²) in [6, 6.07) is 2.22. The Morgan fingerprint density at radius 3 is 2.58 bits per heavy atom. The number of amides is 1. The first-order valence-corrected chi connectivity index (χ1v) is 5.79. The Kier molecular flexibility index (Phi) is 5.41. The molecule has 0 fully saturated rings. The Labute approximate surface area is 109 Å². The molecule has 0 heterocycles. The minimum atomic E-state index is -0.790. The molecule has 1 aromatic rings. The molecule has 0 aliphatic rings. The molecule has 0 saturated heterocycles. The molecule has 4 nitrogen and oxygen atoms in total. The average molecular weight is 271 g/mol. The lowest BCUT2D eigenvalue weighted by atomic mass is 10.1. The second kappa shape index (κ2) is 6.82. The van der Waals surface area contributed by atoms with Crippen molar-refractivity contribution in [1.29, 1.82) is 0 Å². The SMILES string of the molecule is CCC(NC(=O)Cc1ccc(F)cc1F)C(=O)OC. The predicted molar refractivity (Wildman–Crippen MR) is 64.3 cm³/mol. The molecule has 1 aromatic carbocycles. The Balaban J connectivity index is 2.66. The first-order chi connectivity index (χ1) is 8.97. The van der Waals surface area contributed by atoms with Gasteiger partial charge in [-0.3, -0.25) is 4.79 Å². The Morgan fingerprint density at radius 1 is 1.37 bits per heavy atom. The van der Waals surface area contributed by atoms with Gasteiger partial charge in [0.05, 0.1) is 13.5 Å². The largest absolute Gasteiger partial charge is 0.467 e. The van der Waals surface area contributed by atoms with Crippen molar-refractivity contribution in [2.45, 2.75) is 25.8 Å². The molecule has 1 N–H and O–H groups in total. The zero-order valence-electron chi connectivity index (χ0n) is 10.7. The number of hydrogen-bond donors (Lipinski definition) is 1. The molecule has 0 radical (unpaired) electrons. The number of methoxy groups -OCH3 is 1. The highest BCUT2D eigenvalue weighted by Crippen LogP contribution is 2.10. The van der Waals surface area contributed by atoms with Gasteiger partial charge in [-0.25, -0.2) is 13.6 Å². The van der Waals surface area contributed by atoms with Crippen LogP contribution in [0.3, 0.4) is 0 Å². The molecular formula is C13H15F2NO3. The standard InChI is InChI=1S/C13H15F2NO3/c1-3-11(13(18)19-2)16-12(17)6-8-4-5-9(14)7-10(8)15/h4-5,7,11H,3,6H2,1-2H3,(H,16,17). The molecule has 1 atom stereocenters. The monoisotopic (exact) mass is 271 g/mol. The third kappa shape index (κ3) is 4.31. The van der Waals surface area contributed by atoms with E-state index in [9.17, 15) is 18.4 Å². The molecular weight excluding hydrogens is 256 g/mol. The fraction of sp³-hybridized carbons (Fsp3) is 0.385. The summed E-state index contributed by atoms with van der Waals surface area (Å²) in [6.07, 6.45) is 0.101. The van der Waals surface area contributed by atoms with Gasteiger partial charge < -0.3 is 10.1 Å². The highest BCUT2D eigenvalue weighted by atomic mass is 19.1. The van der Waals surface area contributed by atoms with Crippen LogP contribution in [0.5, 0.6) is 0 Å². The molecule has 1 unspecified atom stereocenters.